The summed E-state index contributed by atoms with van der Waals surface area (Å²) in [6.45, 7) is 3.68. The fourth-order valence-corrected chi connectivity index (χ4v) is 2.45. The van der Waals surface area contributed by atoms with Gasteiger partial charge in [0.15, 0.2) is 0 Å². The van der Waals surface area contributed by atoms with Crippen molar-refractivity contribution in [3.05, 3.63) is 70.8 Å². The summed E-state index contributed by atoms with van der Waals surface area (Å²) < 4.78 is 0. The van der Waals surface area contributed by atoms with Gasteiger partial charge in [-0.3, -0.25) is 4.79 Å². The van der Waals surface area contributed by atoms with Crippen LogP contribution in [0.4, 0.5) is 0 Å². The molecule has 0 saturated heterocycles. The molecule has 1 amide bonds. The molecule has 2 aromatic rings. The van der Waals surface area contributed by atoms with E-state index in [2.05, 4.69) is 5.32 Å². The van der Waals surface area contributed by atoms with Crippen LogP contribution in [0.3, 0.4) is 0 Å². The fourth-order valence-electron chi connectivity index (χ4n) is 2.45. The highest BCUT2D eigenvalue weighted by molar-refractivity contribution is 5.99. The summed E-state index contributed by atoms with van der Waals surface area (Å²) in [6.07, 6.45) is 0.257. The second-order valence-corrected chi connectivity index (χ2v) is 5.32. The van der Waals surface area contributed by atoms with Crippen molar-refractivity contribution < 1.29 is 14.7 Å². The van der Waals surface area contributed by atoms with Gasteiger partial charge < -0.3 is 10.4 Å². The maximum atomic E-state index is 12.4. The third-order valence-corrected chi connectivity index (χ3v) is 3.59. The number of carbonyl (C=O) groups excluding carboxylic acids is 1. The Bertz CT molecular complexity index is 660. The minimum absolute atomic E-state index is 0.257. The highest BCUT2D eigenvalue weighted by Crippen LogP contribution is 2.14. The van der Waals surface area contributed by atoms with Crippen LogP contribution in [0.25, 0.3) is 0 Å². The van der Waals surface area contributed by atoms with Crippen LogP contribution in [0.2, 0.25) is 0 Å². The second kappa shape index (κ2) is 6.89. The highest BCUT2D eigenvalue weighted by atomic mass is 16.4. The third-order valence-electron chi connectivity index (χ3n) is 3.59. The number of nitrogens with one attached hydrogen (secondary N) is 1. The van der Waals surface area contributed by atoms with Gasteiger partial charge in [0.2, 0.25) is 0 Å². The molecule has 0 aliphatic carbocycles. The van der Waals surface area contributed by atoms with Crippen molar-refractivity contribution in [3.8, 4) is 0 Å². The van der Waals surface area contributed by atoms with Gasteiger partial charge in [0.1, 0.15) is 6.04 Å². The van der Waals surface area contributed by atoms with Crippen molar-refractivity contribution in [1.82, 2.24) is 5.32 Å². The van der Waals surface area contributed by atoms with Crippen LogP contribution in [0.15, 0.2) is 48.5 Å². The van der Waals surface area contributed by atoms with Gasteiger partial charge in [-0.15, -0.1) is 0 Å². The lowest BCUT2D eigenvalue weighted by Gasteiger charge is -2.16. The van der Waals surface area contributed by atoms with Crippen LogP contribution in [-0.2, 0) is 11.2 Å². The standard InChI is InChI=1S/C18H19NO3/c1-12-7-6-8-13(2)16(12)17(20)19-15(18(21)22)11-14-9-4-3-5-10-14/h3-10,15H,11H2,1-2H3,(H,19,20)(H,21,22)/t15-/m0/s1. The Kier molecular flexibility index (Phi) is 4.94. The molecule has 22 heavy (non-hydrogen) atoms. The van der Waals surface area contributed by atoms with E-state index < -0.39 is 12.0 Å². The smallest absolute Gasteiger partial charge is 0.326 e. The Balaban J connectivity index is 2.18. The molecule has 2 aromatic carbocycles. The van der Waals surface area contributed by atoms with E-state index in [9.17, 15) is 14.7 Å². The molecule has 2 rings (SSSR count). The lowest BCUT2D eigenvalue weighted by molar-refractivity contribution is -0.139. The molecule has 0 fully saturated rings. The average molecular weight is 297 g/mol. The van der Waals surface area contributed by atoms with Crippen LogP contribution in [0.5, 0.6) is 0 Å². The molecule has 4 heteroatoms. The number of hydrogen-bond acceptors (Lipinski definition) is 2. The van der Waals surface area contributed by atoms with Gasteiger partial charge in [-0.1, -0.05) is 48.5 Å². The third kappa shape index (κ3) is 3.73. The van der Waals surface area contributed by atoms with E-state index in [-0.39, 0.29) is 12.3 Å². The molecule has 114 valence electrons. The minimum atomic E-state index is -1.04. The summed E-state index contributed by atoms with van der Waals surface area (Å²) in [5, 5.41) is 12.0. The predicted octanol–water partition coefficient (Wildman–Crippen LogP) is 2.73. The van der Waals surface area contributed by atoms with Crippen LogP contribution in [0.1, 0.15) is 27.0 Å². The minimum Gasteiger partial charge on any atom is -0.480 e. The Morgan fingerprint density at radius 1 is 1.00 bits per heavy atom. The number of carboxylic acids is 1. The molecular formula is C18H19NO3. The van der Waals surface area contributed by atoms with Crippen molar-refractivity contribution in [2.45, 2.75) is 26.3 Å². The first kappa shape index (κ1) is 15.8. The van der Waals surface area contributed by atoms with E-state index >= 15 is 0 Å². The van der Waals surface area contributed by atoms with Crippen molar-refractivity contribution in [2.24, 2.45) is 0 Å². The Morgan fingerprint density at radius 2 is 1.59 bits per heavy atom. The first-order valence-corrected chi connectivity index (χ1v) is 7.13. The van der Waals surface area contributed by atoms with Gasteiger partial charge in [0.05, 0.1) is 0 Å². The van der Waals surface area contributed by atoms with Gasteiger partial charge in [0, 0.05) is 12.0 Å². The molecule has 0 aromatic heterocycles. The Morgan fingerprint density at radius 3 is 2.14 bits per heavy atom. The first-order chi connectivity index (χ1) is 10.5. The molecule has 1 atom stereocenters. The number of hydrogen-bond donors (Lipinski definition) is 2. The summed E-state index contributed by atoms with van der Waals surface area (Å²) >= 11 is 0. The number of benzene rings is 2. The molecule has 0 radical (unpaired) electrons. The number of aryl methyl sites for hydroxylation is 2. The molecule has 0 heterocycles. The van der Waals surface area contributed by atoms with Gasteiger partial charge in [0.25, 0.3) is 5.91 Å². The zero-order valence-corrected chi connectivity index (χ0v) is 12.7. The largest absolute Gasteiger partial charge is 0.480 e. The monoisotopic (exact) mass is 297 g/mol. The molecule has 0 aliphatic rings. The number of rotatable bonds is 5. The predicted molar refractivity (Wildman–Crippen MR) is 85.0 cm³/mol. The van der Waals surface area contributed by atoms with E-state index in [0.29, 0.717) is 5.56 Å². The van der Waals surface area contributed by atoms with Gasteiger partial charge in [-0.25, -0.2) is 4.79 Å². The van der Waals surface area contributed by atoms with Crippen molar-refractivity contribution >= 4 is 11.9 Å². The van der Waals surface area contributed by atoms with Crippen molar-refractivity contribution in [3.63, 3.8) is 0 Å². The van der Waals surface area contributed by atoms with E-state index in [1.807, 2.05) is 62.4 Å². The molecule has 0 aliphatic heterocycles. The second-order valence-electron chi connectivity index (χ2n) is 5.32. The summed E-state index contributed by atoms with van der Waals surface area (Å²) in [6, 6.07) is 13.9. The molecule has 0 bridgehead atoms. The number of aliphatic carboxylic acids is 1. The maximum absolute atomic E-state index is 12.4. The molecule has 0 spiro atoms. The van der Waals surface area contributed by atoms with Gasteiger partial charge >= 0.3 is 5.97 Å². The van der Waals surface area contributed by atoms with Gasteiger partial charge in [-0.2, -0.15) is 0 Å². The van der Waals surface area contributed by atoms with Crippen LogP contribution in [-0.4, -0.2) is 23.0 Å². The molecule has 0 saturated carbocycles. The highest BCUT2D eigenvalue weighted by Gasteiger charge is 2.22. The quantitative estimate of drug-likeness (QED) is 0.891. The van der Waals surface area contributed by atoms with Crippen molar-refractivity contribution in [1.29, 1.82) is 0 Å². The summed E-state index contributed by atoms with van der Waals surface area (Å²) in [5.74, 6) is -1.39. The summed E-state index contributed by atoms with van der Waals surface area (Å²) in [7, 11) is 0. The summed E-state index contributed by atoms with van der Waals surface area (Å²) in [5.41, 5.74) is 3.08. The number of amides is 1. The van der Waals surface area contributed by atoms with E-state index in [1.165, 1.54) is 0 Å². The Labute approximate surface area is 129 Å². The SMILES string of the molecule is Cc1cccc(C)c1C(=O)N[C@@H](Cc1ccccc1)C(=O)O. The van der Waals surface area contributed by atoms with E-state index in [1.54, 1.807) is 0 Å². The molecule has 0 unspecified atom stereocenters. The fraction of sp³-hybridized carbons (Fsp3) is 0.222. The molecule has 4 nitrogen and oxygen atoms in total. The molecule has 2 N–H and O–H groups in total. The lowest BCUT2D eigenvalue weighted by atomic mass is 10.0. The zero-order valence-electron chi connectivity index (χ0n) is 12.7. The van der Waals surface area contributed by atoms with E-state index in [4.69, 9.17) is 0 Å². The number of carbonyl (C=O) groups is 2. The number of carboxylic acid groups (broad SMARTS) is 1. The average Bonchev–Trinajstić information content (AvgIpc) is 2.47. The maximum Gasteiger partial charge on any atom is 0.326 e. The first-order valence-electron chi connectivity index (χ1n) is 7.13. The van der Waals surface area contributed by atoms with Crippen LogP contribution in [0, 0.1) is 13.8 Å². The van der Waals surface area contributed by atoms with E-state index in [0.717, 1.165) is 16.7 Å². The topological polar surface area (TPSA) is 66.4 Å². The van der Waals surface area contributed by atoms with Crippen molar-refractivity contribution in [2.75, 3.05) is 0 Å². The zero-order chi connectivity index (χ0) is 16.1. The lowest BCUT2D eigenvalue weighted by Crippen LogP contribution is -2.42. The van der Waals surface area contributed by atoms with Crippen LogP contribution < -0.4 is 5.32 Å². The normalized spacial score (nSPS) is 11.7. The molecular weight excluding hydrogens is 278 g/mol. The Hall–Kier alpha value is -2.62. The van der Waals surface area contributed by atoms with Gasteiger partial charge in [-0.05, 0) is 30.5 Å². The summed E-state index contributed by atoms with van der Waals surface area (Å²) in [4.78, 5) is 23.8. The van der Waals surface area contributed by atoms with Crippen LogP contribution >= 0.6 is 0 Å².